The molecule has 0 unspecified atom stereocenters. The number of piperazine rings is 1. The Morgan fingerprint density at radius 3 is 2.21 bits per heavy atom. The summed E-state index contributed by atoms with van der Waals surface area (Å²) in [4.78, 5) is 19.1. The zero-order valence-electron chi connectivity index (χ0n) is 18.6. The van der Waals surface area contributed by atoms with Gasteiger partial charge in [-0.25, -0.2) is 8.42 Å². The van der Waals surface area contributed by atoms with E-state index in [4.69, 9.17) is 14.2 Å². The van der Waals surface area contributed by atoms with Gasteiger partial charge in [-0.2, -0.15) is 4.31 Å². The Hall–Kier alpha value is -3.37. The van der Waals surface area contributed by atoms with Crippen LogP contribution in [0.25, 0.3) is 10.8 Å². The smallest absolute Gasteiger partial charge is 0.254 e. The SMILES string of the molecule is COc1cc(C(=O)N2CCN(S(=O)(=O)c3cccc4cnccc34)CC2)cc(OC)c1OC. The molecule has 0 spiro atoms. The average Bonchev–Trinajstić information content (AvgIpc) is 2.86. The Morgan fingerprint density at radius 2 is 1.61 bits per heavy atom. The second-order valence-electron chi connectivity index (χ2n) is 7.46. The van der Waals surface area contributed by atoms with Crippen molar-refractivity contribution in [1.29, 1.82) is 0 Å². The van der Waals surface area contributed by atoms with Gasteiger partial charge in [-0.15, -0.1) is 0 Å². The first-order valence-corrected chi connectivity index (χ1v) is 11.8. The van der Waals surface area contributed by atoms with Crippen molar-refractivity contribution in [3.63, 3.8) is 0 Å². The predicted octanol–water partition coefficient (Wildman–Crippen LogP) is 2.41. The fraction of sp³-hybridized carbons (Fsp3) is 0.304. The summed E-state index contributed by atoms with van der Waals surface area (Å²) in [5.74, 6) is 0.930. The largest absolute Gasteiger partial charge is 0.493 e. The van der Waals surface area contributed by atoms with Crippen LogP contribution in [0.1, 0.15) is 10.4 Å². The van der Waals surface area contributed by atoms with E-state index in [1.165, 1.54) is 25.6 Å². The van der Waals surface area contributed by atoms with E-state index >= 15 is 0 Å². The monoisotopic (exact) mass is 471 g/mol. The summed E-state index contributed by atoms with van der Waals surface area (Å²) >= 11 is 0. The molecule has 4 rings (SSSR count). The fourth-order valence-electron chi connectivity index (χ4n) is 3.98. The molecule has 0 N–H and O–H groups in total. The topological polar surface area (TPSA) is 98.3 Å². The van der Waals surface area contributed by atoms with Crippen molar-refractivity contribution < 1.29 is 27.4 Å². The lowest BCUT2D eigenvalue weighted by Gasteiger charge is -2.34. The van der Waals surface area contributed by atoms with Crippen LogP contribution in [0.5, 0.6) is 17.2 Å². The minimum atomic E-state index is -3.72. The molecule has 2 heterocycles. The molecule has 1 amide bonds. The van der Waals surface area contributed by atoms with E-state index in [1.54, 1.807) is 47.6 Å². The van der Waals surface area contributed by atoms with E-state index in [0.29, 0.717) is 28.2 Å². The summed E-state index contributed by atoms with van der Waals surface area (Å²) in [6.07, 6.45) is 3.22. The Labute approximate surface area is 192 Å². The number of rotatable bonds is 6. The zero-order valence-corrected chi connectivity index (χ0v) is 19.5. The second-order valence-corrected chi connectivity index (χ2v) is 9.37. The minimum absolute atomic E-state index is 0.194. The van der Waals surface area contributed by atoms with Crippen LogP contribution in [0.3, 0.4) is 0 Å². The molecule has 1 aliphatic rings. The van der Waals surface area contributed by atoms with E-state index in [0.717, 1.165) is 5.39 Å². The molecule has 2 aromatic carbocycles. The number of hydrogen-bond donors (Lipinski definition) is 0. The number of hydrogen-bond acceptors (Lipinski definition) is 7. The number of carbonyl (C=O) groups is 1. The van der Waals surface area contributed by atoms with Crippen LogP contribution < -0.4 is 14.2 Å². The molecule has 1 aliphatic heterocycles. The first-order valence-electron chi connectivity index (χ1n) is 10.3. The lowest BCUT2D eigenvalue weighted by molar-refractivity contribution is 0.0697. The number of benzene rings is 2. The molecule has 1 fully saturated rings. The van der Waals surface area contributed by atoms with Crippen LogP contribution in [0.15, 0.2) is 53.7 Å². The first kappa shape index (κ1) is 22.8. The van der Waals surface area contributed by atoms with E-state index < -0.39 is 10.0 Å². The molecule has 33 heavy (non-hydrogen) atoms. The van der Waals surface area contributed by atoms with Gasteiger partial charge in [-0.1, -0.05) is 12.1 Å². The van der Waals surface area contributed by atoms with Gasteiger partial charge < -0.3 is 19.1 Å². The van der Waals surface area contributed by atoms with Crippen LogP contribution >= 0.6 is 0 Å². The molecule has 1 aromatic heterocycles. The molecule has 10 heteroatoms. The Balaban J connectivity index is 1.54. The number of sulfonamides is 1. The first-order chi connectivity index (χ1) is 15.9. The second kappa shape index (κ2) is 9.24. The number of fused-ring (bicyclic) bond motifs is 1. The van der Waals surface area contributed by atoms with Gasteiger partial charge >= 0.3 is 0 Å². The third-order valence-electron chi connectivity index (χ3n) is 5.70. The van der Waals surface area contributed by atoms with Gasteiger partial charge in [0.05, 0.1) is 26.2 Å². The number of amides is 1. The maximum atomic E-state index is 13.3. The van der Waals surface area contributed by atoms with E-state index in [-0.39, 0.29) is 37.0 Å². The van der Waals surface area contributed by atoms with Crippen molar-refractivity contribution in [2.75, 3.05) is 47.5 Å². The van der Waals surface area contributed by atoms with Crippen molar-refractivity contribution in [3.05, 3.63) is 54.4 Å². The Morgan fingerprint density at radius 1 is 0.939 bits per heavy atom. The summed E-state index contributed by atoms with van der Waals surface area (Å²) in [6.45, 7) is 0.919. The van der Waals surface area contributed by atoms with E-state index in [2.05, 4.69) is 4.98 Å². The van der Waals surface area contributed by atoms with Gasteiger partial charge in [-0.3, -0.25) is 9.78 Å². The van der Waals surface area contributed by atoms with Crippen molar-refractivity contribution in [2.24, 2.45) is 0 Å². The maximum Gasteiger partial charge on any atom is 0.254 e. The molecule has 3 aromatic rings. The van der Waals surface area contributed by atoms with Crippen molar-refractivity contribution in [2.45, 2.75) is 4.90 Å². The summed E-state index contributed by atoms with van der Waals surface area (Å²) in [6, 6.07) is 10.0. The quantitative estimate of drug-likeness (QED) is 0.544. The standard InChI is InChI=1S/C23H25N3O6S/c1-30-19-13-17(14-20(31-2)22(19)32-3)23(27)25-9-11-26(12-10-25)33(28,29)21-6-4-5-16-15-24-8-7-18(16)21/h4-8,13-15H,9-12H2,1-3H3. The molecule has 0 radical (unpaired) electrons. The minimum Gasteiger partial charge on any atom is -0.493 e. The fourth-order valence-corrected chi connectivity index (χ4v) is 5.61. The maximum absolute atomic E-state index is 13.3. The molecular formula is C23H25N3O6S. The van der Waals surface area contributed by atoms with Crippen LogP contribution in [0.4, 0.5) is 0 Å². The highest BCUT2D eigenvalue weighted by Gasteiger charge is 2.32. The molecule has 0 atom stereocenters. The summed E-state index contributed by atoms with van der Waals surface area (Å²) in [5, 5.41) is 1.39. The van der Waals surface area contributed by atoms with Crippen LogP contribution in [0.2, 0.25) is 0 Å². The van der Waals surface area contributed by atoms with Crippen molar-refractivity contribution >= 4 is 26.7 Å². The third-order valence-corrected chi connectivity index (χ3v) is 7.65. The molecule has 174 valence electrons. The van der Waals surface area contributed by atoms with Gasteiger partial charge in [0.1, 0.15) is 0 Å². The molecule has 1 saturated heterocycles. The lowest BCUT2D eigenvalue weighted by Crippen LogP contribution is -2.50. The van der Waals surface area contributed by atoms with Gasteiger partial charge in [0.25, 0.3) is 5.91 Å². The summed E-state index contributed by atoms with van der Waals surface area (Å²) < 4.78 is 44.1. The number of methoxy groups -OCH3 is 3. The van der Waals surface area contributed by atoms with E-state index in [9.17, 15) is 13.2 Å². The molecular weight excluding hydrogens is 446 g/mol. The molecule has 9 nitrogen and oxygen atoms in total. The summed E-state index contributed by atoms with van der Waals surface area (Å²) in [7, 11) is 0.742. The van der Waals surface area contributed by atoms with Crippen LogP contribution in [-0.2, 0) is 10.0 Å². The number of ether oxygens (including phenoxy) is 3. The lowest BCUT2D eigenvalue weighted by atomic mass is 10.1. The molecule has 0 aliphatic carbocycles. The highest BCUT2D eigenvalue weighted by atomic mass is 32.2. The number of aromatic nitrogens is 1. The van der Waals surface area contributed by atoms with Gasteiger partial charge in [0.2, 0.25) is 15.8 Å². The highest BCUT2D eigenvalue weighted by Crippen LogP contribution is 2.38. The van der Waals surface area contributed by atoms with Gasteiger partial charge in [0, 0.05) is 54.9 Å². The normalized spacial score (nSPS) is 14.8. The number of nitrogens with zero attached hydrogens (tertiary/aromatic N) is 3. The van der Waals surface area contributed by atoms with Crippen molar-refractivity contribution in [1.82, 2.24) is 14.2 Å². The Bertz CT molecular complexity index is 1260. The predicted molar refractivity (Wildman–Crippen MR) is 123 cm³/mol. The summed E-state index contributed by atoms with van der Waals surface area (Å²) in [5.41, 5.74) is 0.377. The van der Waals surface area contributed by atoms with Gasteiger partial charge in [-0.05, 0) is 24.3 Å². The Kier molecular flexibility index (Phi) is 6.39. The average molecular weight is 472 g/mol. The zero-order chi connectivity index (χ0) is 23.6. The number of pyridine rings is 1. The van der Waals surface area contributed by atoms with Crippen LogP contribution in [0, 0.1) is 0 Å². The van der Waals surface area contributed by atoms with E-state index in [1.807, 2.05) is 6.07 Å². The number of carbonyl (C=O) groups excluding carboxylic acids is 1. The molecule has 0 saturated carbocycles. The van der Waals surface area contributed by atoms with Gasteiger partial charge in [0.15, 0.2) is 11.5 Å². The molecule has 0 bridgehead atoms. The van der Waals surface area contributed by atoms with Crippen molar-refractivity contribution in [3.8, 4) is 17.2 Å². The third kappa shape index (κ3) is 4.19. The highest BCUT2D eigenvalue weighted by molar-refractivity contribution is 7.89. The van der Waals surface area contributed by atoms with Crippen LogP contribution in [-0.4, -0.2) is 76.0 Å².